The molecule has 1 aliphatic heterocycles. The molecule has 2 aromatic rings. The molecule has 1 aromatic carbocycles. The number of anilines is 1. The van der Waals surface area contributed by atoms with Crippen LogP contribution in [-0.4, -0.2) is 24.1 Å². The molecule has 0 fully saturated rings. The molecular formula is C16H17BrN2O2. The van der Waals surface area contributed by atoms with Crippen LogP contribution in [0, 0.1) is 0 Å². The van der Waals surface area contributed by atoms with Gasteiger partial charge in [-0.15, -0.1) is 0 Å². The predicted molar refractivity (Wildman–Crippen MR) is 86.1 cm³/mol. The van der Waals surface area contributed by atoms with Crippen molar-refractivity contribution in [2.24, 2.45) is 7.05 Å². The number of ether oxygens (including phenoxy) is 1. The summed E-state index contributed by atoms with van der Waals surface area (Å²) in [4.78, 5) is 14.7. The number of nitrogens with zero attached hydrogens (tertiary/aromatic N) is 2. The molecule has 1 amide bonds. The maximum Gasteiger partial charge on any atom is 0.274 e. The van der Waals surface area contributed by atoms with E-state index >= 15 is 0 Å². The van der Waals surface area contributed by atoms with Gasteiger partial charge in [-0.2, -0.15) is 0 Å². The Morgan fingerprint density at radius 3 is 2.81 bits per heavy atom. The third-order valence-electron chi connectivity index (χ3n) is 3.84. The van der Waals surface area contributed by atoms with E-state index in [4.69, 9.17) is 4.74 Å². The summed E-state index contributed by atoms with van der Waals surface area (Å²) in [6, 6.07) is 7.77. The summed E-state index contributed by atoms with van der Waals surface area (Å²) in [5.41, 5.74) is 2.84. The van der Waals surface area contributed by atoms with Gasteiger partial charge in [0.15, 0.2) is 0 Å². The SMILES string of the molecule is COc1ccc2c(c1)CCCN2C(=O)c1cc(Br)cn1C. The Labute approximate surface area is 132 Å². The minimum Gasteiger partial charge on any atom is -0.497 e. The van der Waals surface area contributed by atoms with Gasteiger partial charge in [0.05, 0.1) is 7.11 Å². The number of halogens is 1. The Kier molecular flexibility index (Phi) is 3.76. The van der Waals surface area contributed by atoms with Crippen molar-refractivity contribution in [1.82, 2.24) is 4.57 Å². The average molecular weight is 349 g/mol. The third-order valence-corrected chi connectivity index (χ3v) is 4.27. The first kappa shape index (κ1) is 14.2. The summed E-state index contributed by atoms with van der Waals surface area (Å²) in [7, 11) is 3.55. The van der Waals surface area contributed by atoms with Crippen LogP contribution >= 0.6 is 15.9 Å². The van der Waals surface area contributed by atoms with Gasteiger partial charge in [-0.1, -0.05) is 0 Å². The van der Waals surface area contributed by atoms with Gasteiger partial charge >= 0.3 is 0 Å². The molecule has 21 heavy (non-hydrogen) atoms. The molecule has 2 heterocycles. The maximum absolute atomic E-state index is 12.8. The highest BCUT2D eigenvalue weighted by atomic mass is 79.9. The van der Waals surface area contributed by atoms with Crippen LogP contribution in [0.1, 0.15) is 22.5 Å². The van der Waals surface area contributed by atoms with Crippen molar-refractivity contribution in [1.29, 1.82) is 0 Å². The standard InChI is InChI=1S/C16H17BrN2O2/c1-18-10-12(17)9-15(18)16(20)19-7-3-4-11-8-13(21-2)5-6-14(11)19/h5-6,8-10H,3-4,7H2,1-2H3. The molecule has 0 saturated carbocycles. The van der Waals surface area contributed by atoms with E-state index in [1.165, 1.54) is 5.56 Å². The molecule has 0 spiro atoms. The predicted octanol–water partition coefficient (Wildman–Crippen LogP) is 3.39. The van der Waals surface area contributed by atoms with E-state index in [0.29, 0.717) is 5.69 Å². The monoisotopic (exact) mass is 348 g/mol. The number of amides is 1. The maximum atomic E-state index is 12.8. The van der Waals surface area contributed by atoms with E-state index in [2.05, 4.69) is 15.9 Å². The molecule has 110 valence electrons. The van der Waals surface area contributed by atoms with Crippen LogP contribution in [-0.2, 0) is 13.5 Å². The van der Waals surface area contributed by atoms with Gasteiger partial charge in [-0.3, -0.25) is 4.79 Å². The second-order valence-electron chi connectivity index (χ2n) is 5.21. The zero-order valence-corrected chi connectivity index (χ0v) is 13.7. The highest BCUT2D eigenvalue weighted by Crippen LogP contribution is 2.31. The van der Waals surface area contributed by atoms with Gasteiger partial charge in [0.25, 0.3) is 5.91 Å². The van der Waals surface area contributed by atoms with Gasteiger partial charge in [0, 0.05) is 29.9 Å². The van der Waals surface area contributed by atoms with E-state index in [1.807, 2.05) is 47.0 Å². The van der Waals surface area contributed by atoms with Crippen molar-refractivity contribution in [3.8, 4) is 5.75 Å². The average Bonchev–Trinajstić information content (AvgIpc) is 2.84. The van der Waals surface area contributed by atoms with Crippen LogP contribution in [0.25, 0.3) is 0 Å². The van der Waals surface area contributed by atoms with E-state index in [1.54, 1.807) is 7.11 Å². The zero-order chi connectivity index (χ0) is 15.0. The number of benzene rings is 1. The van der Waals surface area contributed by atoms with Crippen molar-refractivity contribution in [2.45, 2.75) is 12.8 Å². The highest BCUT2D eigenvalue weighted by molar-refractivity contribution is 9.10. The fourth-order valence-electron chi connectivity index (χ4n) is 2.79. The molecule has 5 heteroatoms. The van der Waals surface area contributed by atoms with Gasteiger partial charge in [0.1, 0.15) is 11.4 Å². The first-order chi connectivity index (χ1) is 10.1. The van der Waals surface area contributed by atoms with Gasteiger partial charge < -0.3 is 14.2 Å². The molecule has 4 nitrogen and oxygen atoms in total. The smallest absolute Gasteiger partial charge is 0.274 e. The van der Waals surface area contributed by atoms with Crippen LogP contribution in [0.2, 0.25) is 0 Å². The molecule has 0 radical (unpaired) electrons. The Morgan fingerprint density at radius 1 is 1.33 bits per heavy atom. The number of aromatic nitrogens is 1. The second-order valence-corrected chi connectivity index (χ2v) is 6.13. The number of methoxy groups -OCH3 is 1. The molecular weight excluding hydrogens is 332 g/mol. The molecule has 0 bridgehead atoms. The lowest BCUT2D eigenvalue weighted by Gasteiger charge is -2.29. The number of fused-ring (bicyclic) bond motifs is 1. The lowest BCUT2D eigenvalue weighted by molar-refractivity contribution is 0.0977. The van der Waals surface area contributed by atoms with Crippen molar-refractivity contribution < 1.29 is 9.53 Å². The molecule has 0 atom stereocenters. The molecule has 0 aliphatic carbocycles. The van der Waals surface area contributed by atoms with E-state index < -0.39 is 0 Å². The molecule has 0 unspecified atom stereocenters. The molecule has 0 saturated heterocycles. The Balaban J connectivity index is 1.98. The van der Waals surface area contributed by atoms with Gasteiger partial charge in [0.2, 0.25) is 0 Å². The van der Waals surface area contributed by atoms with Crippen LogP contribution in [0.5, 0.6) is 5.75 Å². The number of carbonyl (C=O) groups is 1. The van der Waals surface area contributed by atoms with Crippen LogP contribution in [0.15, 0.2) is 34.9 Å². The van der Waals surface area contributed by atoms with Crippen molar-refractivity contribution in [2.75, 3.05) is 18.6 Å². The Morgan fingerprint density at radius 2 is 2.14 bits per heavy atom. The Hall–Kier alpha value is -1.75. The van der Waals surface area contributed by atoms with E-state index in [-0.39, 0.29) is 5.91 Å². The number of hydrogen-bond donors (Lipinski definition) is 0. The lowest BCUT2D eigenvalue weighted by atomic mass is 10.0. The third kappa shape index (κ3) is 2.58. The van der Waals surface area contributed by atoms with E-state index in [9.17, 15) is 4.79 Å². The van der Waals surface area contributed by atoms with Crippen LogP contribution in [0.4, 0.5) is 5.69 Å². The first-order valence-electron chi connectivity index (χ1n) is 6.91. The second kappa shape index (κ2) is 5.56. The fourth-order valence-corrected chi connectivity index (χ4v) is 3.31. The molecule has 3 rings (SSSR count). The summed E-state index contributed by atoms with van der Waals surface area (Å²) >= 11 is 3.42. The minimum atomic E-state index is 0.0364. The lowest BCUT2D eigenvalue weighted by Crippen LogP contribution is -2.36. The van der Waals surface area contributed by atoms with Crippen LogP contribution in [0.3, 0.4) is 0 Å². The van der Waals surface area contributed by atoms with Crippen LogP contribution < -0.4 is 9.64 Å². The van der Waals surface area contributed by atoms with E-state index in [0.717, 1.165) is 35.3 Å². The zero-order valence-electron chi connectivity index (χ0n) is 12.1. The summed E-state index contributed by atoms with van der Waals surface area (Å²) < 4.78 is 8.04. The first-order valence-corrected chi connectivity index (χ1v) is 7.70. The number of hydrogen-bond acceptors (Lipinski definition) is 2. The largest absolute Gasteiger partial charge is 0.497 e. The summed E-state index contributed by atoms with van der Waals surface area (Å²) in [5.74, 6) is 0.874. The minimum absolute atomic E-state index is 0.0364. The molecule has 0 N–H and O–H groups in total. The molecule has 1 aliphatic rings. The quantitative estimate of drug-likeness (QED) is 0.833. The van der Waals surface area contributed by atoms with Gasteiger partial charge in [-0.05, 0) is 58.6 Å². The fraction of sp³-hybridized carbons (Fsp3) is 0.312. The number of rotatable bonds is 2. The van der Waals surface area contributed by atoms with Crippen molar-refractivity contribution >= 4 is 27.5 Å². The summed E-state index contributed by atoms with van der Waals surface area (Å²) in [6.07, 6.45) is 3.84. The highest BCUT2D eigenvalue weighted by Gasteiger charge is 2.25. The molecule has 1 aromatic heterocycles. The summed E-state index contributed by atoms with van der Waals surface area (Å²) in [6.45, 7) is 0.751. The summed E-state index contributed by atoms with van der Waals surface area (Å²) in [5, 5.41) is 0. The van der Waals surface area contributed by atoms with Crippen molar-refractivity contribution in [3.63, 3.8) is 0 Å². The number of aryl methyl sites for hydroxylation is 2. The van der Waals surface area contributed by atoms with Crippen molar-refractivity contribution in [3.05, 3.63) is 46.2 Å². The van der Waals surface area contributed by atoms with Gasteiger partial charge in [-0.25, -0.2) is 0 Å². The topological polar surface area (TPSA) is 34.5 Å². The Bertz CT molecular complexity index is 694. The normalized spacial score (nSPS) is 14.0. The number of carbonyl (C=O) groups excluding carboxylic acids is 1.